The van der Waals surface area contributed by atoms with Gasteiger partial charge in [-0.25, -0.2) is 0 Å². The molecule has 0 aliphatic heterocycles. The number of nitrogens with zero attached hydrogens (tertiary/aromatic N) is 1. The molecule has 0 bridgehead atoms. The first-order valence-corrected chi connectivity index (χ1v) is 0.894. The van der Waals surface area contributed by atoms with Crippen molar-refractivity contribution in [2.75, 3.05) is 0 Å². The fourth-order valence-electron chi connectivity index (χ4n) is 0. The van der Waals surface area contributed by atoms with E-state index in [0.29, 0.717) is 0 Å². The van der Waals surface area contributed by atoms with Crippen LogP contribution in [-0.4, -0.2) is 0 Å². The standard InChI is InChI=1S/CHNS.HI.Na/c2-1-3;;/h3H;1H;/q;;+1/p-1. The van der Waals surface area contributed by atoms with E-state index in [9.17, 15) is 0 Å². The van der Waals surface area contributed by atoms with E-state index in [1.807, 2.05) is 0 Å². The minimum atomic E-state index is 0. The van der Waals surface area contributed by atoms with Crippen LogP contribution in [0.25, 0.3) is 0 Å². The number of thiocyanates is 1. The molecule has 0 saturated heterocycles. The minimum Gasteiger partial charge on any atom is -1.00 e. The van der Waals surface area contributed by atoms with Crippen LogP contribution in [-0.2, 0) is 0 Å². The Bertz CT molecular complexity index is 33.1. The molecular formula is CHINNaS. The Balaban J connectivity index is -0.0000000200. The summed E-state index contributed by atoms with van der Waals surface area (Å²) >= 11 is 3.09. The Morgan fingerprint density at radius 2 is 1.60 bits per heavy atom. The maximum atomic E-state index is 7.18. The van der Waals surface area contributed by atoms with Crippen LogP contribution in [0.5, 0.6) is 0 Å². The third kappa shape index (κ3) is 28.8. The van der Waals surface area contributed by atoms with E-state index in [2.05, 4.69) is 12.6 Å². The van der Waals surface area contributed by atoms with Crippen LogP contribution in [0, 0.1) is 10.7 Å². The van der Waals surface area contributed by atoms with Gasteiger partial charge in [-0.05, 0) is 0 Å². The molecule has 0 spiro atoms. The maximum Gasteiger partial charge on any atom is 1.00 e. The van der Waals surface area contributed by atoms with Crippen molar-refractivity contribution in [3.05, 3.63) is 0 Å². The second-order valence-corrected chi connectivity index (χ2v) is 0.300. The number of halogens is 1. The summed E-state index contributed by atoms with van der Waals surface area (Å²) in [5.41, 5.74) is 0. The molecule has 0 aromatic heterocycles. The second kappa shape index (κ2) is 17.6. The van der Waals surface area contributed by atoms with Crippen LogP contribution in [0.3, 0.4) is 0 Å². The van der Waals surface area contributed by atoms with Crippen molar-refractivity contribution in [2.45, 2.75) is 0 Å². The summed E-state index contributed by atoms with van der Waals surface area (Å²) in [7, 11) is 0. The van der Waals surface area contributed by atoms with Gasteiger partial charge in [-0.2, -0.15) is 5.26 Å². The first-order chi connectivity index (χ1) is 1.41. The monoisotopic (exact) mass is 209 g/mol. The van der Waals surface area contributed by atoms with Gasteiger partial charge in [0.25, 0.3) is 0 Å². The molecule has 0 saturated carbocycles. The minimum absolute atomic E-state index is 0. The smallest absolute Gasteiger partial charge is 1.00 e. The molecule has 0 fully saturated rings. The SMILES string of the molecule is N#CS.[I-].[Na+]. The Morgan fingerprint density at radius 1 is 1.60 bits per heavy atom. The molecule has 0 rings (SSSR count). The van der Waals surface area contributed by atoms with Crippen molar-refractivity contribution in [2.24, 2.45) is 0 Å². The molecular weight excluding hydrogens is 208 g/mol. The summed E-state index contributed by atoms with van der Waals surface area (Å²) in [5, 5.41) is 8.63. The van der Waals surface area contributed by atoms with Crippen molar-refractivity contribution >= 4 is 12.6 Å². The van der Waals surface area contributed by atoms with Crippen LogP contribution >= 0.6 is 12.6 Å². The van der Waals surface area contributed by atoms with Crippen molar-refractivity contribution in [3.8, 4) is 5.40 Å². The van der Waals surface area contributed by atoms with Gasteiger partial charge in [-0.1, -0.05) is 12.6 Å². The van der Waals surface area contributed by atoms with Gasteiger partial charge in [0.2, 0.25) is 0 Å². The van der Waals surface area contributed by atoms with Gasteiger partial charge in [-0.15, -0.1) is 0 Å². The summed E-state index contributed by atoms with van der Waals surface area (Å²) in [5.74, 6) is 0. The van der Waals surface area contributed by atoms with E-state index in [4.69, 9.17) is 5.26 Å². The quantitative estimate of drug-likeness (QED) is 0.183. The summed E-state index contributed by atoms with van der Waals surface area (Å²) in [4.78, 5) is 0. The van der Waals surface area contributed by atoms with Crippen molar-refractivity contribution < 1.29 is 53.5 Å². The van der Waals surface area contributed by atoms with Crippen LogP contribution in [0.1, 0.15) is 0 Å². The zero-order valence-corrected chi connectivity index (χ0v) is 7.82. The summed E-state index contributed by atoms with van der Waals surface area (Å²) in [6.45, 7) is 0. The number of hydrogen-bond acceptors (Lipinski definition) is 2. The molecule has 4 heteroatoms. The molecule has 24 valence electrons. The van der Waals surface area contributed by atoms with E-state index < -0.39 is 0 Å². The normalized spacial score (nSPS) is 1.60. The molecule has 0 aromatic rings. The number of rotatable bonds is 0. The van der Waals surface area contributed by atoms with E-state index in [1.165, 1.54) is 5.40 Å². The third-order valence-electron chi connectivity index (χ3n) is 0. The molecule has 0 aliphatic rings. The zero-order chi connectivity index (χ0) is 2.71. The van der Waals surface area contributed by atoms with Crippen LogP contribution < -0.4 is 53.5 Å². The number of nitriles is 1. The van der Waals surface area contributed by atoms with Gasteiger partial charge < -0.3 is 24.0 Å². The largest absolute Gasteiger partial charge is 1.00 e. The van der Waals surface area contributed by atoms with Gasteiger partial charge >= 0.3 is 29.6 Å². The van der Waals surface area contributed by atoms with Gasteiger partial charge in [0.1, 0.15) is 5.40 Å². The van der Waals surface area contributed by atoms with Gasteiger partial charge in [0.15, 0.2) is 0 Å². The fraction of sp³-hybridized carbons (Fsp3) is 0. The van der Waals surface area contributed by atoms with Crippen molar-refractivity contribution in [1.29, 1.82) is 5.26 Å². The maximum absolute atomic E-state index is 7.18. The molecule has 0 unspecified atom stereocenters. The second-order valence-electron chi connectivity index (χ2n) is 0.100. The average Bonchev–Trinajstić information content (AvgIpc) is 0.918. The molecule has 0 radical (unpaired) electrons. The van der Waals surface area contributed by atoms with Gasteiger partial charge in [-0.3, -0.25) is 0 Å². The molecule has 0 aliphatic carbocycles. The van der Waals surface area contributed by atoms with Crippen LogP contribution in [0.15, 0.2) is 0 Å². The van der Waals surface area contributed by atoms with E-state index in [-0.39, 0.29) is 53.5 Å². The first-order valence-electron chi connectivity index (χ1n) is 0.447. The third-order valence-corrected chi connectivity index (χ3v) is 0. The molecule has 0 N–H and O–H groups in total. The van der Waals surface area contributed by atoms with Crippen molar-refractivity contribution in [1.82, 2.24) is 0 Å². The zero-order valence-electron chi connectivity index (χ0n) is 2.77. The van der Waals surface area contributed by atoms with Crippen LogP contribution in [0.4, 0.5) is 0 Å². The summed E-state index contributed by atoms with van der Waals surface area (Å²) in [6.07, 6.45) is 0. The fourth-order valence-corrected chi connectivity index (χ4v) is 0. The molecule has 5 heavy (non-hydrogen) atoms. The van der Waals surface area contributed by atoms with Gasteiger partial charge in [0.05, 0.1) is 0 Å². The first kappa shape index (κ1) is 16.0. The molecule has 1 nitrogen and oxygen atoms in total. The number of hydrogen-bond donors (Lipinski definition) is 1. The van der Waals surface area contributed by atoms with Crippen LogP contribution in [0.2, 0.25) is 0 Å². The van der Waals surface area contributed by atoms with E-state index in [1.54, 1.807) is 0 Å². The van der Waals surface area contributed by atoms with E-state index in [0.717, 1.165) is 0 Å². The predicted molar refractivity (Wildman–Crippen MR) is 14.6 cm³/mol. The average molecular weight is 209 g/mol. The number of thiol groups is 1. The molecule has 0 aromatic carbocycles. The summed E-state index contributed by atoms with van der Waals surface area (Å²) < 4.78 is 0. The topological polar surface area (TPSA) is 23.8 Å². The Hall–Kier alpha value is 1.57. The Kier molecular flexibility index (Phi) is 56.3. The Morgan fingerprint density at radius 3 is 1.60 bits per heavy atom. The predicted octanol–water partition coefficient (Wildman–Crippen LogP) is -5.59. The Labute approximate surface area is 75.8 Å². The van der Waals surface area contributed by atoms with Crippen molar-refractivity contribution in [3.63, 3.8) is 0 Å². The summed E-state index contributed by atoms with van der Waals surface area (Å²) in [6, 6.07) is 0. The van der Waals surface area contributed by atoms with E-state index >= 15 is 0 Å². The van der Waals surface area contributed by atoms with Gasteiger partial charge in [0, 0.05) is 0 Å². The molecule has 0 atom stereocenters. The molecule has 0 amide bonds. The molecule has 0 heterocycles.